The van der Waals surface area contributed by atoms with Gasteiger partial charge in [-0.1, -0.05) is 0 Å². The van der Waals surface area contributed by atoms with Crippen molar-refractivity contribution in [2.45, 2.75) is 56.9 Å². The first-order chi connectivity index (χ1) is 9.47. The average molecular weight is 298 g/mol. The fourth-order valence-electron chi connectivity index (χ4n) is 3.39. The quantitative estimate of drug-likeness (QED) is 0.660. The summed E-state index contributed by atoms with van der Waals surface area (Å²) in [4.78, 5) is 13.6. The Balaban J connectivity index is 1.99. The number of aliphatic hydroxyl groups excluding tert-OH is 2. The highest BCUT2D eigenvalue weighted by Gasteiger charge is 2.43. The van der Waals surface area contributed by atoms with E-state index < -0.39 is 6.10 Å². The summed E-state index contributed by atoms with van der Waals surface area (Å²) in [6.45, 7) is 1.62. The highest BCUT2D eigenvalue weighted by molar-refractivity contribution is 7.16. The fourth-order valence-corrected chi connectivity index (χ4v) is 4.60. The minimum absolute atomic E-state index is 0.0826. The van der Waals surface area contributed by atoms with Gasteiger partial charge in [0, 0.05) is 23.0 Å². The Kier molecular flexibility index (Phi) is 3.43. The normalized spacial score (nSPS) is 30.6. The summed E-state index contributed by atoms with van der Waals surface area (Å²) in [7, 11) is 0. The molecule has 2 unspecified atom stereocenters. The van der Waals surface area contributed by atoms with E-state index in [0.29, 0.717) is 22.7 Å². The molecule has 0 saturated carbocycles. The maximum Gasteiger partial charge on any atom is 0.304 e. The average Bonchev–Trinajstić information content (AvgIpc) is 2.89. The van der Waals surface area contributed by atoms with Gasteiger partial charge in [-0.3, -0.25) is 10.1 Å². The van der Waals surface area contributed by atoms with Crippen LogP contribution in [0.1, 0.15) is 43.6 Å². The second-order valence-corrected chi connectivity index (χ2v) is 6.75. The van der Waals surface area contributed by atoms with Gasteiger partial charge in [-0.15, -0.1) is 11.3 Å². The summed E-state index contributed by atoms with van der Waals surface area (Å²) in [5.74, 6) is 0. The fraction of sp³-hybridized carbons (Fsp3) is 0.692. The first kappa shape index (κ1) is 13.8. The zero-order chi connectivity index (χ0) is 14.4. The monoisotopic (exact) mass is 298 g/mol. The van der Waals surface area contributed by atoms with Crippen LogP contribution in [-0.2, 0) is 0 Å². The lowest BCUT2D eigenvalue weighted by atomic mass is 10.0. The van der Waals surface area contributed by atoms with Gasteiger partial charge in [0.15, 0.2) is 5.00 Å². The van der Waals surface area contributed by atoms with Crippen molar-refractivity contribution in [3.63, 3.8) is 0 Å². The largest absolute Gasteiger partial charge is 0.393 e. The van der Waals surface area contributed by atoms with Gasteiger partial charge in [-0.05, 0) is 32.6 Å². The summed E-state index contributed by atoms with van der Waals surface area (Å²) in [5, 5.41) is 31.4. The van der Waals surface area contributed by atoms with Gasteiger partial charge in [-0.2, -0.15) is 0 Å². The van der Waals surface area contributed by atoms with E-state index in [0.717, 1.165) is 12.8 Å². The van der Waals surface area contributed by atoms with E-state index in [9.17, 15) is 20.3 Å². The molecule has 0 aliphatic carbocycles. The van der Waals surface area contributed by atoms with Crippen LogP contribution in [0.4, 0.5) is 10.7 Å². The Hall–Kier alpha value is -1.18. The van der Waals surface area contributed by atoms with Gasteiger partial charge in [0.05, 0.1) is 17.1 Å². The zero-order valence-electron chi connectivity index (χ0n) is 11.2. The molecule has 2 aliphatic rings. The smallest absolute Gasteiger partial charge is 0.304 e. The predicted molar refractivity (Wildman–Crippen MR) is 76.1 cm³/mol. The number of rotatable bonds is 3. The number of thiophene rings is 1. The first-order valence-corrected chi connectivity index (χ1v) is 7.71. The number of hydrogen-bond acceptors (Lipinski definition) is 6. The van der Waals surface area contributed by atoms with Gasteiger partial charge in [0.2, 0.25) is 0 Å². The lowest BCUT2D eigenvalue weighted by Crippen LogP contribution is -2.44. The number of piperidine rings is 1. The molecule has 3 atom stereocenters. The maximum atomic E-state index is 11.3. The van der Waals surface area contributed by atoms with Crippen LogP contribution < -0.4 is 4.90 Å². The molecule has 2 bridgehead atoms. The van der Waals surface area contributed by atoms with Crippen molar-refractivity contribution in [3.05, 3.63) is 21.1 Å². The van der Waals surface area contributed by atoms with Crippen molar-refractivity contribution in [2.24, 2.45) is 0 Å². The molecule has 3 rings (SSSR count). The number of hydrogen-bond donors (Lipinski definition) is 2. The molecule has 0 spiro atoms. The molecule has 0 aromatic carbocycles. The van der Waals surface area contributed by atoms with Gasteiger partial charge in [0.25, 0.3) is 0 Å². The van der Waals surface area contributed by atoms with Crippen LogP contribution in [-0.4, -0.2) is 33.3 Å². The third-order valence-electron chi connectivity index (χ3n) is 4.26. The lowest BCUT2D eigenvalue weighted by Gasteiger charge is -2.37. The third kappa shape index (κ3) is 2.19. The van der Waals surface area contributed by atoms with Crippen LogP contribution in [0.5, 0.6) is 0 Å². The van der Waals surface area contributed by atoms with E-state index >= 15 is 0 Å². The minimum atomic E-state index is -0.694. The van der Waals surface area contributed by atoms with Crippen LogP contribution in [0, 0.1) is 10.1 Å². The van der Waals surface area contributed by atoms with Gasteiger partial charge < -0.3 is 15.1 Å². The molecule has 2 aliphatic heterocycles. The predicted octanol–water partition coefficient (Wildman–Crippen LogP) is 2.20. The topological polar surface area (TPSA) is 86.8 Å². The molecule has 2 fully saturated rings. The van der Waals surface area contributed by atoms with E-state index in [2.05, 4.69) is 4.90 Å². The van der Waals surface area contributed by atoms with Crippen LogP contribution in [0.25, 0.3) is 0 Å². The Labute approximate surface area is 120 Å². The molecule has 0 radical (unpaired) electrons. The number of fused-ring (bicyclic) bond motifs is 2. The highest BCUT2D eigenvalue weighted by atomic mass is 32.1. The molecular formula is C13H18N2O4S. The lowest BCUT2D eigenvalue weighted by molar-refractivity contribution is -0.383. The van der Waals surface area contributed by atoms with Crippen LogP contribution in [0.2, 0.25) is 0 Å². The number of nitro groups is 1. The van der Waals surface area contributed by atoms with Crippen molar-refractivity contribution >= 4 is 22.0 Å². The Bertz CT molecular complexity index is 516. The van der Waals surface area contributed by atoms with Crippen molar-refractivity contribution in [3.8, 4) is 0 Å². The van der Waals surface area contributed by atoms with Crippen molar-refractivity contribution in [1.29, 1.82) is 0 Å². The SMILES string of the molecule is C[C@@H](O)c1cc([N+](=O)[O-])c(N2C3CCC2CC(O)C3)s1. The van der Waals surface area contributed by atoms with Crippen LogP contribution in [0.15, 0.2) is 6.07 Å². The molecule has 3 heterocycles. The number of anilines is 1. The Morgan fingerprint density at radius 3 is 2.55 bits per heavy atom. The summed E-state index contributed by atoms with van der Waals surface area (Å²) in [6.07, 6.45) is 2.31. The number of nitrogens with zero attached hydrogens (tertiary/aromatic N) is 2. The van der Waals surface area contributed by atoms with E-state index in [1.165, 1.54) is 17.4 Å². The second-order valence-electron chi connectivity index (χ2n) is 5.69. The first-order valence-electron chi connectivity index (χ1n) is 6.90. The summed E-state index contributed by atoms with van der Waals surface area (Å²) < 4.78 is 0. The van der Waals surface area contributed by atoms with Crippen molar-refractivity contribution in [2.75, 3.05) is 4.90 Å². The molecule has 2 N–H and O–H groups in total. The van der Waals surface area contributed by atoms with Crippen LogP contribution >= 0.6 is 11.3 Å². The van der Waals surface area contributed by atoms with Crippen molar-refractivity contribution in [1.82, 2.24) is 0 Å². The van der Waals surface area contributed by atoms with E-state index in [-0.39, 0.29) is 28.8 Å². The van der Waals surface area contributed by atoms with E-state index in [4.69, 9.17) is 0 Å². The zero-order valence-corrected chi connectivity index (χ0v) is 12.0. The van der Waals surface area contributed by atoms with Gasteiger partial charge in [-0.25, -0.2) is 0 Å². The van der Waals surface area contributed by atoms with Crippen molar-refractivity contribution < 1.29 is 15.1 Å². The molecule has 110 valence electrons. The van der Waals surface area contributed by atoms with Gasteiger partial charge >= 0.3 is 5.69 Å². The van der Waals surface area contributed by atoms with E-state index in [1.54, 1.807) is 6.92 Å². The summed E-state index contributed by atoms with van der Waals surface area (Å²) in [6, 6.07) is 1.85. The molecule has 6 nitrogen and oxygen atoms in total. The maximum absolute atomic E-state index is 11.3. The van der Waals surface area contributed by atoms with E-state index in [1.807, 2.05) is 0 Å². The second kappa shape index (κ2) is 4.98. The third-order valence-corrected chi connectivity index (χ3v) is 5.57. The Morgan fingerprint density at radius 2 is 2.05 bits per heavy atom. The van der Waals surface area contributed by atoms with Gasteiger partial charge in [0.1, 0.15) is 0 Å². The molecule has 1 aromatic rings. The molecule has 2 saturated heterocycles. The molecule has 20 heavy (non-hydrogen) atoms. The highest BCUT2D eigenvalue weighted by Crippen LogP contribution is 2.47. The molecule has 0 amide bonds. The number of aliphatic hydroxyl groups is 2. The summed E-state index contributed by atoms with van der Waals surface area (Å²) in [5.41, 5.74) is 0.0826. The standard InChI is InChI=1S/C13H18N2O4S/c1-7(16)12-6-11(15(18)19)13(20-12)14-8-2-3-9(14)5-10(17)4-8/h6-10,16-17H,2-5H2,1H3/t7-,8?,9?,10?/m1/s1. The molecular weight excluding hydrogens is 280 g/mol. The molecule has 1 aromatic heterocycles. The molecule has 7 heteroatoms. The minimum Gasteiger partial charge on any atom is -0.393 e. The summed E-state index contributed by atoms with van der Waals surface area (Å²) >= 11 is 1.30. The van der Waals surface area contributed by atoms with Crippen LogP contribution in [0.3, 0.4) is 0 Å². The Morgan fingerprint density at radius 1 is 1.45 bits per heavy atom.